The molecule has 1 atom stereocenters. The number of benzene rings is 1. The molecule has 1 fully saturated rings. The van der Waals surface area contributed by atoms with Crippen molar-refractivity contribution in [1.82, 2.24) is 4.31 Å². The van der Waals surface area contributed by atoms with Crippen molar-refractivity contribution in [2.75, 3.05) is 13.1 Å². The Morgan fingerprint density at radius 2 is 1.50 bits per heavy atom. The van der Waals surface area contributed by atoms with Crippen LogP contribution < -0.4 is 5.73 Å². The summed E-state index contributed by atoms with van der Waals surface area (Å²) in [5.74, 6) is 0. The fourth-order valence-corrected chi connectivity index (χ4v) is 4.07. The predicted octanol–water partition coefficient (Wildman–Crippen LogP) is 2.66. The fraction of sp³-hybridized carbons (Fsp3) is 0.600. The van der Waals surface area contributed by atoms with E-state index in [9.17, 15) is 8.42 Å². The van der Waals surface area contributed by atoms with E-state index in [2.05, 4.69) is 0 Å². The van der Waals surface area contributed by atoms with Crippen LogP contribution in [0.2, 0.25) is 0 Å². The third kappa shape index (κ3) is 3.59. The van der Waals surface area contributed by atoms with Crippen molar-refractivity contribution in [2.45, 2.75) is 50.0 Å². The van der Waals surface area contributed by atoms with Crippen LogP contribution in [0.4, 0.5) is 0 Å². The average molecular weight is 296 g/mol. The van der Waals surface area contributed by atoms with Gasteiger partial charge in [0, 0.05) is 19.1 Å². The zero-order valence-corrected chi connectivity index (χ0v) is 12.9. The van der Waals surface area contributed by atoms with Crippen LogP contribution in [-0.2, 0) is 10.0 Å². The van der Waals surface area contributed by atoms with Gasteiger partial charge in [0.15, 0.2) is 0 Å². The van der Waals surface area contributed by atoms with E-state index in [0.29, 0.717) is 18.0 Å². The molecule has 0 bridgehead atoms. The lowest BCUT2D eigenvalue weighted by Gasteiger charge is -2.24. The van der Waals surface area contributed by atoms with Crippen LogP contribution in [0.15, 0.2) is 29.2 Å². The van der Waals surface area contributed by atoms with E-state index in [1.165, 1.54) is 6.42 Å². The van der Waals surface area contributed by atoms with E-state index >= 15 is 0 Å². The summed E-state index contributed by atoms with van der Waals surface area (Å²) in [5.41, 5.74) is 6.75. The standard InChI is InChI=1S/C15H24N2O2S/c1-13(16)14-7-9-15(10-8-14)20(18,19)17-11-5-3-2-4-6-12-17/h7-10,13H,2-6,11-12,16H2,1H3. The van der Waals surface area contributed by atoms with Gasteiger partial charge < -0.3 is 5.73 Å². The minimum Gasteiger partial charge on any atom is -0.324 e. The Morgan fingerprint density at radius 1 is 1.00 bits per heavy atom. The molecule has 2 rings (SSSR count). The Morgan fingerprint density at radius 3 is 2.00 bits per heavy atom. The van der Waals surface area contributed by atoms with Gasteiger partial charge in [-0.15, -0.1) is 0 Å². The Hall–Kier alpha value is -0.910. The van der Waals surface area contributed by atoms with Crippen molar-refractivity contribution < 1.29 is 8.42 Å². The maximum atomic E-state index is 12.6. The molecule has 4 nitrogen and oxygen atoms in total. The van der Waals surface area contributed by atoms with Gasteiger partial charge in [-0.25, -0.2) is 8.42 Å². The third-order valence-electron chi connectivity index (χ3n) is 3.86. The molecule has 0 amide bonds. The second-order valence-corrected chi connectivity index (χ2v) is 7.47. The Kier molecular flexibility index (Phi) is 5.18. The summed E-state index contributed by atoms with van der Waals surface area (Å²) in [5, 5.41) is 0. The summed E-state index contributed by atoms with van der Waals surface area (Å²) in [4.78, 5) is 0.377. The average Bonchev–Trinajstić information content (AvgIpc) is 2.38. The molecule has 5 heteroatoms. The van der Waals surface area contributed by atoms with Gasteiger partial charge >= 0.3 is 0 Å². The number of hydrogen-bond donors (Lipinski definition) is 1. The van der Waals surface area contributed by atoms with Gasteiger partial charge in [0.25, 0.3) is 0 Å². The third-order valence-corrected chi connectivity index (χ3v) is 5.77. The maximum absolute atomic E-state index is 12.6. The minimum absolute atomic E-state index is 0.0755. The monoisotopic (exact) mass is 296 g/mol. The highest BCUT2D eigenvalue weighted by molar-refractivity contribution is 7.89. The van der Waals surface area contributed by atoms with E-state index in [0.717, 1.165) is 31.2 Å². The number of nitrogens with two attached hydrogens (primary N) is 1. The molecule has 0 saturated carbocycles. The van der Waals surface area contributed by atoms with E-state index in [4.69, 9.17) is 5.73 Å². The Bertz CT molecular complexity index is 515. The second kappa shape index (κ2) is 6.70. The van der Waals surface area contributed by atoms with Gasteiger partial charge in [0.05, 0.1) is 4.90 Å². The van der Waals surface area contributed by atoms with Gasteiger partial charge in [-0.05, 0) is 37.5 Å². The molecule has 1 saturated heterocycles. The molecule has 1 heterocycles. The Balaban J connectivity index is 2.19. The zero-order chi connectivity index (χ0) is 14.6. The molecule has 0 radical (unpaired) electrons. The number of hydrogen-bond acceptors (Lipinski definition) is 3. The molecule has 1 aliphatic rings. The predicted molar refractivity (Wildman–Crippen MR) is 80.9 cm³/mol. The SMILES string of the molecule is CC(N)c1ccc(S(=O)(=O)N2CCCCCCC2)cc1. The summed E-state index contributed by atoms with van der Waals surface area (Å²) in [7, 11) is -3.35. The van der Waals surface area contributed by atoms with Crippen molar-refractivity contribution in [2.24, 2.45) is 5.73 Å². The van der Waals surface area contributed by atoms with Crippen LogP contribution >= 0.6 is 0 Å². The topological polar surface area (TPSA) is 63.4 Å². The minimum atomic E-state index is -3.35. The van der Waals surface area contributed by atoms with Crippen LogP contribution in [-0.4, -0.2) is 25.8 Å². The Labute approximate surface area is 122 Å². The molecular weight excluding hydrogens is 272 g/mol. The maximum Gasteiger partial charge on any atom is 0.243 e. The van der Waals surface area contributed by atoms with Gasteiger partial charge in [-0.2, -0.15) is 4.31 Å². The van der Waals surface area contributed by atoms with E-state index in [1.54, 1.807) is 16.4 Å². The van der Waals surface area contributed by atoms with Crippen molar-refractivity contribution in [3.05, 3.63) is 29.8 Å². The summed E-state index contributed by atoms with van der Waals surface area (Å²) < 4.78 is 26.9. The summed E-state index contributed by atoms with van der Waals surface area (Å²) >= 11 is 0. The normalized spacial score (nSPS) is 20.1. The molecule has 20 heavy (non-hydrogen) atoms. The van der Waals surface area contributed by atoms with E-state index < -0.39 is 10.0 Å². The van der Waals surface area contributed by atoms with Gasteiger partial charge in [-0.3, -0.25) is 0 Å². The quantitative estimate of drug-likeness (QED) is 0.932. The molecule has 1 aromatic rings. The smallest absolute Gasteiger partial charge is 0.243 e. The lowest BCUT2D eigenvalue weighted by Crippen LogP contribution is -2.33. The summed E-state index contributed by atoms with van der Waals surface area (Å²) in [6.45, 7) is 3.16. The summed E-state index contributed by atoms with van der Waals surface area (Å²) in [6.07, 6.45) is 5.37. The molecule has 0 aromatic heterocycles. The van der Waals surface area contributed by atoms with Gasteiger partial charge in [0.1, 0.15) is 0 Å². The van der Waals surface area contributed by atoms with Gasteiger partial charge in [0.2, 0.25) is 10.0 Å². The highest BCUT2D eigenvalue weighted by Gasteiger charge is 2.24. The van der Waals surface area contributed by atoms with Crippen LogP contribution in [0.5, 0.6) is 0 Å². The van der Waals surface area contributed by atoms with Crippen molar-refractivity contribution in [1.29, 1.82) is 0 Å². The second-order valence-electron chi connectivity index (χ2n) is 5.53. The van der Waals surface area contributed by atoms with Crippen LogP contribution in [0, 0.1) is 0 Å². The van der Waals surface area contributed by atoms with Crippen LogP contribution in [0.1, 0.15) is 50.6 Å². The van der Waals surface area contributed by atoms with Crippen LogP contribution in [0.3, 0.4) is 0 Å². The largest absolute Gasteiger partial charge is 0.324 e. The first-order chi connectivity index (χ1) is 9.51. The summed E-state index contributed by atoms with van der Waals surface area (Å²) in [6, 6.07) is 6.89. The highest BCUT2D eigenvalue weighted by atomic mass is 32.2. The molecule has 1 aromatic carbocycles. The molecule has 2 N–H and O–H groups in total. The van der Waals surface area contributed by atoms with Crippen molar-refractivity contribution in [3.8, 4) is 0 Å². The highest BCUT2D eigenvalue weighted by Crippen LogP contribution is 2.21. The van der Waals surface area contributed by atoms with Crippen molar-refractivity contribution in [3.63, 3.8) is 0 Å². The lowest BCUT2D eigenvalue weighted by atomic mass is 10.1. The van der Waals surface area contributed by atoms with E-state index in [1.807, 2.05) is 19.1 Å². The number of nitrogens with zero attached hydrogens (tertiary/aromatic N) is 1. The zero-order valence-electron chi connectivity index (χ0n) is 12.1. The first-order valence-electron chi connectivity index (χ1n) is 7.37. The molecule has 0 spiro atoms. The molecular formula is C15H24N2O2S. The van der Waals surface area contributed by atoms with Crippen molar-refractivity contribution >= 4 is 10.0 Å². The molecule has 1 aliphatic heterocycles. The van der Waals surface area contributed by atoms with E-state index in [-0.39, 0.29) is 6.04 Å². The fourth-order valence-electron chi connectivity index (χ4n) is 2.55. The first kappa shape index (κ1) is 15.5. The lowest BCUT2D eigenvalue weighted by molar-refractivity contribution is 0.364. The molecule has 112 valence electrons. The molecule has 0 aliphatic carbocycles. The first-order valence-corrected chi connectivity index (χ1v) is 8.81. The number of sulfonamides is 1. The molecule has 1 unspecified atom stereocenters. The number of rotatable bonds is 3. The van der Waals surface area contributed by atoms with Gasteiger partial charge in [-0.1, -0.05) is 31.4 Å². The van der Waals surface area contributed by atoms with Crippen LogP contribution in [0.25, 0.3) is 0 Å².